The van der Waals surface area contributed by atoms with Gasteiger partial charge in [0.05, 0.1) is 10.4 Å². The number of nitrogens with one attached hydrogen (secondary N) is 1. The van der Waals surface area contributed by atoms with Gasteiger partial charge in [-0.15, -0.1) is 0 Å². The molecule has 2 N–H and O–H groups in total. The Balaban J connectivity index is 2.07. The summed E-state index contributed by atoms with van der Waals surface area (Å²) in [4.78, 5) is 18.7. The molecule has 1 aromatic heterocycles. The SMILES string of the molecule is Cc1cc(Nc2ncnc3ccc([N+](=O)[O-])cc23)ccc1O. The lowest BCUT2D eigenvalue weighted by Crippen LogP contribution is -1.97. The van der Waals surface area contributed by atoms with E-state index in [0.717, 1.165) is 5.69 Å². The lowest BCUT2D eigenvalue weighted by atomic mass is 10.2. The van der Waals surface area contributed by atoms with E-state index in [1.807, 2.05) is 0 Å². The van der Waals surface area contributed by atoms with Gasteiger partial charge < -0.3 is 10.4 Å². The average molecular weight is 296 g/mol. The molecular formula is C15H12N4O3. The van der Waals surface area contributed by atoms with E-state index < -0.39 is 4.92 Å². The van der Waals surface area contributed by atoms with E-state index in [0.29, 0.717) is 22.3 Å². The maximum absolute atomic E-state index is 10.9. The van der Waals surface area contributed by atoms with Crippen molar-refractivity contribution in [1.82, 2.24) is 9.97 Å². The fourth-order valence-corrected chi connectivity index (χ4v) is 2.13. The lowest BCUT2D eigenvalue weighted by Gasteiger charge is -2.09. The van der Waals surface area contributed by atoms with Crippen LogP contribution in [-0.2, 0) is 0 Å². The zero-order valence-corrected chi connectivity index (χ0v) is 11.6. The third kappa shape index (κ3) is 2.51. The molecule has 22 heavy (non-hydrogen) atoms. The second-order valence-electron chi connectivity index (χ2n) is 4.81. The summed E-state index contributed by atoms with van der Waals surface area (Å²) in [5.41, 5.74) is 2.03. The number of aromatic nitrogens is 2. The van der Waals surface area contributed by atoms with E-state index in [2.05, 4.69) is 15.3 Å². The van der Waals surface area contributed by atoms with Gasteiger partial charge in [-0.2, -0.15) is 0 Å². The monoisotopic (exact) mass is 296 g/mol. The second-order valence-corrected chi connectivity index (χ2v) is 4.81. The Hall–Kier alpha value is -3.22. The number of aromatic hydroxyl groups is 1. The van der Waals surface area contributed by atoms with Crippen molar-refractivity contribution in [3.63, 3.8) is 0 Å². The van der Waals surface area contributed by atoms with Crippen LogP contribution in [0.15, 0.2) is 42.7 Å². The van der Waals surface area contributed by atoms with Crippen LogP contribution in [0.2, 0.25) is 0 Å². The number of hydrogen-bond acceptors (Lipinski definition) is 6. The molecule has 0 saturated carbocycles. The van der Waals surface area contributed by atoms with E-state index in [4.69, 9.17) is 0 Å². The summed E-state index contributed by atoms with van der Waals surface area (Å²) in [6.45, 7) is 1.78. The summed E-state index contributed by atoms with van der Waals surface area (Å²) in [6, 6.07) is 9.47. The summed E-state index contributed by atoms with van der Waals surface area (Å²) in [7, 11) is 0. The first-order valence-electron chi connectivity index (χ1n) is 6.50. The molecule has 1 heterocycles. The number of rotatable bonds is 3. The minimum Gasteiger partial charge on any atom is -0.508 e. The van der Waals surface area contributed by atoms with Crippen LogP contribution >= 0.6 is 0 Å². The zero-order valence-electron chi connectivity index (χ0n) is 11.6. The molecule has 0 fully saturated rings. The van der Waals surface area contributed by atoms with Gasteiger partial charge in [-0.25, -0.2) is 9.97 Å². The van der Waals surface area contributed by atoms with Crippen LogP contribution in [0.1, 0.15) is 5.56 Å². The Labute approximate surface area is 125 Å². The van der Waals surface area contributed by atoms with E-state index in [1.165, 1.54) is 18.5 Å². The van der Waals surface area contributed by atoms with Crippen LogP contribution in [0.5, 0.6) is 5.75 Å². The summed E-state index contributed by atoms with van der Waals surface area (Å²) >= 11 is 0. The highest BCUT2D eigenvalue weighted by Crippen LogP contribution is 2.28. The van der Waals surface area contributed by atoms with Gasteiger partial charge in [-0.1, -0.05) is 0 Å². The fourth-order valence-electron chi connectivity index (χ4n) is 2.13. The molecule has 0 aliphatic heterocycles. The molecule has 0 bridgehead atoms. The summed E-state index contributed by atoms with van der Waals surface area (Å²) in [6.07, 6.45) is 1.39. The first-order chi connectivity index (χ1) is 10.5. The number of nitrogens with zero attached hydrogens (tertiary/aromatic N) is 3. The quantitative estimate of drug-likeness (QED) is 0.437. The number of fused-ring (bicyclic) bond motifs is 1. The van der Waals surface area contributed by atoms with Crippen LogP contribution in [0.25, 0.3) is 10.9 Å². The zero-order chi connectivity index (χ0) is 15.7. The molecule has 0 spiro atoms. The van der Waals surface area contributed by atoms with Crippen molar-refractivity contribution in [2.24, 2.45) is 0 Å². The molecular weight excluding hydrogens is 284 g/mol. The Morgan fingerprint density at radius 2 is 2.00 bits per heavy atom. The van der Waals surface area contributed by atoms with Gasteiger partial charge in [-0.05, 0) is 36.8 Å². The number of phenols is 1. The molecule has 3 aromatic rings. The number of anilines is 2. The van der Waals surface area contributed by atoms with Crippen LogP contribution < -0.4 is 5.32 Å². The molecule has 7 nitrogen and oxygen atoms in total. The minimum absolute atomic E-state index is 0.0211. The third-order valence-corrected chi connectivity index (χ3v) is 3.29. The van der Waals surface area contributed by atoms with Gasteiger partial charge in [0, 0.05) is 23.2 Å². The molecule has 0 aliphatic rings. The van der Waals surface area contributed by atoms with E-state index >= 15 is 0 Å². The van der Waals surface area contributed by atoms with Crippen LogP contribution in [0.3, 0.4) is 0 Å². The smallest absolute Gasteiger partial charge is 0.270 e. The van der Waals surface area contributed by atoms with Crippen LogP contribution in [0, 0.1) is 17.0 Å². The maximum Gasteiger partial charge on any atom is 0.270 e. The number of hydrogen-bond donors (Lipinski definition) is 2. The number of phenolic OH excluding ortho intramolecular Hbond substituents is 1. The molecule has 0 aliphatic carbocycles. The number of benzene rings is 2. The second kappa shape index (κ2) is 5.28. The van der Waals surface area contributed by atoms with Gasteiger partial charge in [0.15, 0.2) is 0 Å². The predicted octanol–water partition coefficient (Wildman–Crippen LogP) is 3.30. The molecule has 2 aromatic carbocycles. The lowest BCUT2D eigenvalue weighted by molar-refractivity contribution is -0.384. The van der Waals surface area contributed by atoms with Crippen molar-refractivity contribution in [2.75, 3.05) is 5.32 Å². The first kappa shape index (κ1) is 13.7. The standard InChI is InChI=1S/C15H12N4O3/c1-9-6-10(2-5-14(9)20)18-15-12-7-11(19(21)22)3-4-13(12)16-8-17-15/h2-8,20H,1H3,(H,16,17,18). The highest BCUT2D eigenvalue weighted by Gasteiger charge is 2.11. The van der Waals surface area contributed by atoms with Crippen molar-refractivity contribution in [3.8, 4) is 5.75 Å². The van der Waals surface area contributed by atoms with Gasteiger partial charge >= 0.3 is 0 Å². The van der Waals surface area contributed by atoms with Crippen molar-refractivity contribution in [1.29, 1.82) is 0 Å². The third-order valence-electron chi connectivity index (χ3n) is 3.29. The maximum atomic E-state index is 10.9. The molecule has 0 saturated heterocycles. The topological polar surface area (TPSA) is 101 Å². The molecule has 110 valence electrons. The predicted molar refractivity (Wildman–Crippen MR) is 82.3 cm³/mol. The molecule has 7 heteroatoms. The van der Waals surface area contributed by atoms with Gasteiger partial charge in [0.1, 0.15) is 17.9 Å². The summed E-state index contributed by atoms with van der Waals surface area (Å²) in [5.74, 6) is 0.674. The molecule has 0 atom stereocenters. The number of nitro benzene ring substituents is 1. The number of non-ortho nitro benzene ring substituents is 1. The number of aryl methyl sites for hydroxylation is 1. The Bertz CT molecular complexity index is 880. The van der Waals surface area contributed by atoms with Gasteiger partial charge in [-0.3, -0.25) is 10.1 Å². The highest BCUT2D eigenvalue weighted by molar-refractivity contribution is 5.92. The van der Waals surface area contributed by atoms with Gasteiger partial charge in [0.25, 0.3) is 5.69 Å². The molecule has 0 amide bonds. The van der Waals surface area contributed by atoms with Crippen LogP contribution in [0.4, 0.5) is 17.2 Å². The van der Waals surface area contributed by atoms with Crippen molar-refractivity contribution < 1.29 is 10.0 Å². The van der Waals surface area contributed by atoms with Crippen molar-refractivity contribution in [3.05, 3.63) is 58.4 Å². The molecule has 0 radical (unpaired) electrons. The minimum atomic E-state index is -0.457. The van der Waals surface area contributed by atoms with E-state index in [1.54, 1.807) is 31.2 Å². The molecule has 0 unspecified atom stereocenters. The Kier molecular flexibility index (Phi) is 3.30. The highest BCUT2D eigenvalue weighted by atomic mass is 16.6. The number of nitro groups is 1. The summed E-state index contributed by atoms with van der Waals surface area (Å²) in [5, 5.41) is 24.1. The van der Waals surface area contributed by atoms with Gasteiger partial charge in [0.2, 0.25) is 0 Å². The summed E-state index contributed by atoms with van der Waals surface area (Å²) < 4.78 is 0. The van der Waals surface area contributed by atoms with E-state index in [-0.39, 0.29) is 11.4 Å². The average Bonchev–Trinajstić information content (AvgIpc) is 2.51. The largest absolute Gasteiger partial charge is 0.508 e. The van der Waals surface area contributed by atoms with Crippen molar-refractivity contribution in [2.45, 2.75) is 6.92 Å². The van der Waals surface area contributed by atoms with Crippen LogP contribution in [-0.4, -0.2) is 20.0 Å². The first-order valence-corrected chi connectivity index (χ1v) is 6.50. The normalized spacial score (nSPS) is 10.6. The Morgan fingerprint density at radius 1 is 1.18 bits per heavy atom. The molecule has 3 rings (SSSR count). The Morgan fingerprint density at radius 3 is 2.73 bits per heavy atom. The fraction of sp³-hybridized carbons (Fsp3) is 0.0667. The van der Waals surface area contributed by atoms with Crippen molar-refractivity contribution >= 4 is 28.1 Å². The van der Waals surface area contributed by atoms with E-state index in [9.17, 15) is 15.2 Å².